The fourth-order valence-corrected chi connectivity index (χ4v) is 4.80. The molecule has 3 aliphatic rings. The van der Waals surface area contributed by atoms with E-state index in [4.69, 9.17) is 15.0 Å². The molecule has 1 saturated carbocycles. The summed E-state index contributed by atoms with van der Waals surface area (Å²) in [4.78, 5) is 32.2. The Balaban J connectivity index is 1.36. The molecule has 7 nitrogen and oxygen atoms in total. The number of benzene rings is 1. The lowest BCUT2D eigenvalue weighted by atomic mass is 10.1. The Bertz CT molecular complexity index is 1080. The number of allylic oxidation sites excluding steroid dienone is 1. The quantitative estimate of drug-likeness (QED) is 0.632. The monoisotopic (exact) mass is 462 g/mol. The van der Waals surface area contributed by atoms with E-state index in [-0.39, 0.29) is 0 Å². The van der Waals surface area contributed by atoms with E-state index in [9.17, 15) is 4.79 Å². The molecule has 0 amide bonds. The predicted molar refractivity (Wildman–Crippen MR) is 133 cm³/mol. The van der Waals surface area contributed by atoms with Crippen LogP contribution < -0.4 is 10.2 Å². The van der Waals surface area contributed by atoms with E-state index in [1.54, 1.807) is 11.8 Å². The molecular formula is C25H30N6OS. The van der Waals surface area contributed by atoms with Gasteiger partial charge in [0, 0.05) is 55.2 Å². The Kier molecular flexibility index (Phi) is 6.46. The van der Waals surface area contributed by atoms with Crippen LogP contribution in [-0.2, 0) is 11.2 Å². The Morgan fingerprint density at radius 2 is 1.91 bits per heavy atom. The van der Waals surface area contributed by atoms with Crippen LogP contribution in [0.3, 0.4) is 0 Å². The zero-order valence-corrected chi connectivity index (χ0v) is 20.1. The molecule has 5 rings (SSSR count). The summed E-state index contributed by atoms with van der Waals surface area (Å²) in [6.45, 7) is 6.69. The highest BCUT2D eigenvalue weighted by Gasteiger charge is 2.29. The minimum Gasteiger partial charge on any atom is -0.383 e. The normalized spacial score (nSPS) is 20.1. The molecule has 33 heavy (non-hydrogen) atoms. The van der Waals surface area contributed by atoms with Crippen molar-refractivity contribution in [3.63, 3.8) is 0 Å². The summed E-state index contributed by atoms with van der Waals surface area (Å²) in [6, 6.07) is 10.2. The number of piperazine rings is 1. The molecule has 0 bridgehead atoms. The van der Waals surface area contributed by atoms with Crippen molar-refractivity contribution in [3.05, 3.63) is 47.7 Å². The highest BCUT2D eigenvalue weighted by Crippen LogP contribution is 2.32. The van der Waals surface area contributed by atoms with Gasteiger partial charge in [-0.25, -0.2) is 15.0 Å². The van der Waals surface area contributed by atoms with Gasteiger partial charge in [0.05, 0.1) is 12.3 Å². The third-order valence-electron chi connectivity index (χ3n) is 6.24. The molecule has 172 valence electrons. The first-order valence-corrected chi connectivity index (χ1v) is 12.5. The number of aliphatic imine (C=N–C) groups is 1. The Morgan fingerprint density at radius 1 is 1.15 bits per heavy atom. The molecule has 1 saturated heterocycles. The van der Waals surface area contributed by atoms with Crippen molar-refractivity contribution >= 4 is 34.9 Å². The molecule has 1 N–H and O–H groups in total. The van der Waals surface area contributed by atoms with Crippen molar-refractivity contribution in [2.75, 3.05) is 44.7 Å². The third-order valence-corrected chi connectivity index (χ3v) is 7.11. The molecule has 0 unspecified atom stereocenters. The number of nitrogens with zero attached hydrogens (tertiary/aromatic N) is 5. The van der Waals surface area contributed by atoms with Gasteiger partial charge in [0.2, 0.25) is 0 Å². The number of hydrogen-bond donors (Lipinski definition) is 1. The van der Waals surface area contributed by atoms with E-state index in [1.807, 2.05) is 25.1 Å². The molecule has 3 heterocycles. The average molecular weight is 463 g/mol. The zero-order chi connectivity index (χ0) is 22.8. The highest BCUT2D eigenvalue weighted by molar-refractivity contribution is 7.99. The number of nitrogens with one attached hydrogen (secondary N) is 1. The van der Waals surface area contributed by atoms with Gasteiger partial charge in [-0.2, -0.15) is 0 Å². The van der Waals surface area contributed by atoms with Gasteiger partial charge in [-0.15, -0.1) is 0 Å². The van der Waals surface area contributed by atoms with Gasteiger partial charge in [0.25, 0.3) is 0 Å². The number of carbonyl (C=O) groups excluding carboxylic acids is 1. The van der Waals surface area contributed by atoms with Crippen LogP contribution in [0.5, 0.6) is 0 Å². The number of carbonyl (C=O) groups is 1. The second-order valence-corrected chi connectivity index (χ2v) is 10.1. The molecule has 2 fully saturated rings. The molecule has 1 aromatic carbocycles. The number of likely N-dealkylation sites (N-methyl/N-ethyl adjacent to an activating group) is 1. The second kappa shape index (κ2) is 9.65. The predicted octanol–water partition coefficient (Wildman–Crippen LogP) is 3.48. The molecule has 2 aromatic rings. The summed E-state index contributed by atoms with van der Waals surface area (Å²) >= 11 is 1.54. The van der Waals surface area contributed by atoms with Crippen LogP contribution in [-0.4, -0.2) is 66.1 Å². The number of hydrogen-bond acceptors (Lipinski definition) is 8. The largest absolute Gasteiger partial charge is 0.383 e. The number of aromatic nitrogens is 2. The van der Waals surface area contributed by atoms with Crippen molar-refractivity contribution in [2.45, 2.75) is 36.2 Å². The van der Waals surface area contributed by atoms with E-state index >= 15 is 0 Å². The van der Waals surface area contributed by atoms with Crippen LogP contribution in [0.15, 0.2) is 57.1 Å². The SMILES string of the molecule is CC1=CC(=Nc2cc(N3CCN(C)CC3)nc(Sc3ccc(CC(=O)C4CC4)cc3)n2)CN1. The van der Waals surface area contributed by atoms with Crippen molar-refractivity contribution in [2.24, 2.45) is 10.9 Å². The first kappa shape index (κ1) is 22.1. The third kappa shape index (κ3) is 5.81. The summed E-state index contributed by atoms with van der Waals surface area (Å²) in [6.07, 6.45) is 4.72. The minimum atomic E-state index is 0.304. The minimum absolute atomic E-state index is 0.304. The van der Waals surface area contributed by atoms with E-state index in [2.05, 4.69) is 40.4 Å². The van der Waals surface area contributed by atoms with Crippen molar-refractivity contribution < 1.29 is 4.79 Å². The number of anilines is 1. The Morgan fingerprint density at radius 3 is 2.58 bits per heavy atom. The number of rotatable bonds is 7. The number of ketones is 1. The molecule has 1 aliphatic carbocycles. The van der Waals surface area contributed by atoms with Gasteiger partial charge in [0.15, 0.2) is 11.0 Å². The molecule has 0 spiro atoms. The van der Waals surface area contributed by atoms with Gasteiger partial charge in [-0.1, -0.05) is 12.1 Å². The summed E-state index contributed by atoms with van der Waals surface area (Å²) in [5.41, 5.74) is 3.18. The van der Waals surface area contributed by atoms with Crippen LogP contribution >= 0.6 is 11.8 Å². The van der Waals surface area contributed by atoms with E-state index < -0.39 is 0 Å². The van der Waals surface area contributed by atoms with Gasteiger partial charge >= 0.3 is 0 Å². The lowest BCUT2D eigenvalue weighted by Crippen LogP contribution is -2.44. The van der Waals surface area contributed by atoms with Crippen LogP contribution in [0, 0.1) is 5.92 Å². The molecular weight excluding hydrogens is 432 g/mol. The summed E-state index contributed by atoms with van der Waals surface area (Å²) in [7, 11) is 2.15. The van der Waals surface area contributed by atoms with Crippen LogP contribution in [0.1, 0.15) is 25.3 Å². The maximum absolute atomic E-state index is 12.1. The fourth-order valence-electron chi connectivity index (χ4n) is 4.03. The zero-order valence-electron chi connectivity index (χ0n) is 19.3. The van der Waals surface area contributed by atoms with Gasteiger partial charge in [-0.3, -0.25) is 4.79 Å². The van der Waals surface area contributed by atoms with Gasteiger partial charge in [-0.05, 0) is 62.3 Å². The standard InChI is InChI=1S/C25H30N6OS/c1-17-13-20(16-26-17)27-23-15-24(31-11-9-30(2)10-12-31)29-25(28-23)33-21-7-3-18(4-8-21)14-22(32)19-5-6-19/h3-4,7-8,13,15,19,26H,5-6,9-12,14,16H2,1-2H3. The second-order valence-electron chi connectivity index (χ2n) is 9.10. The average Bonchev–Trinajstić information content (AvgIpc) is 3.58. The Hall–Kier alpha value is -2.71. The van der Waals surface area contributed by atoms with Crippen molar-refractivity contribution in [3.8, 4) is 0 Å². The maximum atomic E-state index is 12.1. The van der Waals surface area contributed by atoms with Crippen LogP contribution in [0.4, 0.5) is 11.6 Å². The molecule has 0 atom stereocenters. The van der Waals surface area contributed by atoms with Crippen LogP contribution in [0.25, 0.3) is 0 Å². The number of Topliss-reactive ketones (excluding diaryl/α,β-unsaturated/α-hetero) is 1. The highest BCUT2D eigenvalue weighted by atomic mass is 32.2. The van der Waals surface area contributed by atoms with E-state index in [1.165, 1.54) is 0 Å². The van der Waals surface area contributed by atoms with Crippen molar-refractivity contribution in [1.29, 1.82) is 0 Å². The lowest BCUT2D eigenvalue weighted by Gasteiger charge is -2.33. The van der Waals surface area contributed by atoms with Gasteiger partial charge in [0.1, 0.15) is 11.6 Å². The van der Waals surface area contributed by atoms with Gasteiger partial charge < -0.3 is 15.1 Å². The summed E-state index contributed by atoms with van der Waals surface area (Å²) < 4.78 is 0. The molecule has 0 radical (unpaired) electrons. The fraction of sp³-hybridized carbons (Fsp3) is 0.440. The van der Waals surface area contributed by atoms with E-state index in [0.717, 1.165) is 73.3 Å². The van der Waals surface area contributed by atoms with Crippen molar-refractivity contribution in [1.82, 2.24) is 20.2 Å². The molecule has 2 aliphatic heterocycles. The maximum Gasteiger partial charge on any atom is 0.196 e. The Labute approximate surface area is 199 Å². The lowest BCUT2D eigenvalue weighted by molar-refractivity contribution is -0.119. The summed E-state index contributed by atoms with van der Waals surface area (Å²) in [5.74, 6) is 2.29. The first-order valence-electron chi connectivity index (χ1n) is 11.6. The summed E-state index contributed by atoms with van der Waals surface area (Å²) in [5, 5.41) is 3.99. The topological polar surface area (TPSA) is 73.7 Å². The van der Waals surface area contributed by atoms with Crippen LogP contribution in [0.2, 0.25) is 0 Å². The first-order chi connectivity index (χ1) is 16.0. The smallest absolute Gasteiger partial charge is 0.196 e. The molecule has 8 heteroatoms. The molecule has 1 aromatic heterocycles. The van der Waals surface area contributed by atoms with E-state index in [0.29, 0.717) is 29.1 Å².